The zero-order chi connectivity index (χ0) is 16.4. The molecule has 4 heteroatoms. The zero-order valence-corrected chi connectivity index (χ0v) is 14.7. The molecule has 1 aromatic rings. The molecule has 23 heavy (non-hydrogen) atoms. The molecule has 1 saturated heterocycles. The van der Waals surface area contributed by atoms with E-state index in [1.807, 2.05) is 19.1 Å². The van der Waals surface area contributed by atoms with E-state index in [1.165, 1.54) is 32.1 Å². The van der Waals surface area contributed by atoms with Crippen LogP contribution in [0.4, 0.5) is 0 Å². The lowest BCUT2D eigenvalue weighted by Crippen LogP contribution is -2.38. The second-order valence-electron chi connectivity index (χ2n) is 7.70. The molecule has 0 bridgehead atoms. The highest BCUT2D eigenvalue weighted by molar-refractivity contribution is 5.95. The predicted octanol–water partition coefficient (Wildman–Crippen LogP) is 2.97. The first-order valence-electron chi connectivity index (χ1n) is 8.87. The van der Waals surface area contributed by atoms with E-state index in [0.29, 0.717) is 11.3 Å². The molecule has 1 unspecified atom stereocenters. The van der Waals surface area contributed by atoms with Crippen molar-refractivity contribution < 1.29 is 4.79 Å². The SMILES string of the molecule is Cc1ncccc1C(=O)N1CC(CN(C)C)C2(CCCCC2)C1. The molecule has 0 N–H and O–H groups in total. The van der Waals surface area contributed by atoms with Gasteiger partial charge in [0.2, 0.25) is 0 Å². The van der Waals surface area contributed by atoms with Gasteiger partial charge in [-0.1, -0.05) is 19.3 Å². The number of likely N-dealkylation sites (tertiary alicyclic amines) is 1. The summed E-state index contributed by atoms with van der Waals surface area (Å²) in [6.45, 7) is 4.83. The van der Waals surface area contributed by atoms with Crippen LogP contribution < -0.4 is 0 Å². The molecule has 2 heterocycles. The Kier molecular flexibility index (Phi) is 4.72. The fourth-order valence-corrected chi connectivity index (χ4v) is 4.58. The maximum absolute atomic E-state index is 13.0. The Labute approximate surface area is 139 Å². The number of rotatable bonds is 3. The van der Waals surface area contributed by atoms with Gasteiger partial charge in [-0.2, -0.15) is 0 Å². The highest BCUT2D eigenvalue weighted by atomic mass is 16.2. The largest absolute Gasteiger partial charge is 0.338 e. The van der Waals surface area contributed by atoms with E-state index in [4.69, 9.17) is 0 Å². The van der Waals surface area contributed by atoms with Crippen LogP contribution in [0.15, 0.2) is 18.3 Å². The number of aromatic nitrogens is 1. The van der Waals surface area contributed by atoms with Crippen LogP contribution in [0, 0.1) is 18.3 Å². The van der Waals surface area contributed by atoms with Gasteiger partial charge in [-0.3, -0.25) is 9.78 Å². The van der Waals surface area contributed by atoms with Gasteiger partial charge in [0.25, 0.3) is 5.91 Å². The van der Waals surface area contributed by atoms with E-state index in [1.54, 1.807) is 6.20 Å². The van der Waals surface area contributed by atoms with Crippen LogP contribution in [0.25, 0.3) is 0 Å². The summed E-state index contributed by atoms with van der Waals surface area (Å²) < 4.78 is 0. The van der Waals surface area contributed by atoms with Crippen molar-refractivity contribution in [2.24, 2.45) is 11.3 Å². The number of carbonyl (C=O) groups excluding carboxylic acids is 1. The van der Waals surface area contributed by atoms with Crippen molar-refractivity contribution in [1.82, 2.24) is 14.8 Å². The molecular formula is C19H29N3O. The third-order valence-electron chi connectivity index (χ3n) is 5.77. The first kappa shape index (κ1) is 16.4. The maximum Gasteiger partial charge on any atom is 0.255 e. The minimum Gasteiger partial charge on any atom is -0.338 e. The Bertz CT molecular complexity index is 563. The van der Waals surface area contributed by atoms with Gasteiger partial charge in [-0.15, -0.1) is 0 Å². The third kappa shape index (κ3) is 3.27. The Balaban J connectivity index is 1.82. The molecule has 4 nitrogen and oxygen atoms in total. The predicted molar refractivity (Wildman–Crippen MR) is 92.4 cm³/mol. The Morgan fingerprint density at radius 3 is 2.74 bits per heavy atom. The van der Waals surface area contributed by atoms with Crippen molar-refractivity contribution in [2.45, 2.75) is 39.0 Å². The number of hydrogen-bond acceptors (Lipinski definition) is 3. The molecule has 126 valence electrons. The molecule has 0 radical (unpaired) electrons. The second-order valence-corrected chi connectivity index (χ2v) is 7.70. The lowest BCUT2D eigenvalue weighted by atomic mass is 9.67. The van der Waals surface area contributed by atoms with Crippen LogP contribution in [0.1, 0.15) is 48.2 Å². The van der Waals surface area contributed by atoms with Gasteiger partial charge in [0.05, 0.1) is 5.56 Å². The first-order chi connectivity index (χ1) is 11.0. The van der Waals surface area contributed by atoms with Crippen molar-refractivity contribution in [3.63, 3.8) is 0 Å². The Morgan fingerprint density at radius 1 is 1.35 bits per heavy atom. The highest BCUT2D eigenvalue weighted by Gasteiger charge is 2.48. The van der Waals surface area contributed by atoms with E-state index in [0.717, 1.165) is 30.9 Å². The average Bonchev–Trinajstić information content (AvgIpc) is 2.85. The maximum atomic E-state index is 13.0. The number of hydrogen-bond donors (Lipinski definition) is 0. The van der Waals surface area contributed by atoms with E-state index in [2.05, 4.69) is 28.9 Å². The monoisotopic (exact) mass is 315 g/mol. The molecular weight excluding hydrogens is 286 g/mol. The standard InChI is InChI=1S/C19H29N3O/c1-15-17(8-7-11-20-15)18(23)22-13-16(12-21(2)3)19(14-22)9-5-4-6-10-19/h7-8,11,16H,4-6,9-10,12-14H2,1-3H3. The first-order valence-corrected chi connectivity index (χ1v) is 8.87. The quantitative estimate of drug-likeness (QED) is 0.860. The van der Waals surface area contributed by atoms with Crippen molar-refractivity contribution in [3.8, 4) is 0 Å². The van der Waals surface area contributed by atoms with Crippen LogP contribution in [-0.2, 0) is 0 Å². The summed E-state index contributed by atoms with van der Waals surface area (Å²) in [7, 11) is 4.29. The summed E-state index contributed by atoms with van der Waals surface area (Å²) in [6.07, 6.45) is 8.30. The topological polar surface area (TPSA) is 36.4 Å². The zero-order valence-electron chi connectivity index (χ0n) is 14.7. The number of pyridine rings is 1. The molecule has 2 aliphatic rings. The highest BCUT2D eigenvalue weighted by Crippen LogP contribution is 2.48. The van der Waals surface area contributed by atoms with E-state index in [-0.39, 0.29) is 5.91 Å². The van der Waals surface area contributed by atoms with Crippen molar-refractivity contribution in [2.75, 3.05) is 33.7 Å². The summed E-state index contributed by atoms with van der Waals surface area (Å²) in [4.78, 5) is 21.7. The van der Waals surface area contributed by atoms with E-state index < -0.39 is 0 Å². The van der Waals surface area contributed by atoms with Crippen LogP contribution in [0.2, 0.25) is 0 Å². The van der Waals surface area contributed by atoms with Crippen molar-refractivity contribution in [1.29, 1.82) is 0 Å². The van der Waals surface area contributed by atoms with Gasteiger partial charge in [-0.05, 0) is 57.3 Å². The molecule has 1 atom stereocenters. The minimum atomic E-state index is 0.168. The molecule has 1 aromatic heterocycles. The van der Waals surface area contributed by atoms with Crippen LogP contribution in [0.5, 0.6) is 0 Å². The molecule has 1 aliphatic heterocycles. The van der Waals surface area contributed by atoms with Crippen molar-refractivity contribution in [3.05, 3.63) is 29.6 Å². The fraction of sp³-hybridized carbons (Fsp3) is 0.684. The lowest BCUT2D eigenvalue weighted by Gasteiger charge is -2.39. The Hall–Kier alpha value is -1.42. The van der Waals surface area contributed by atoms with Gasteiger partial charge >= 0.3 is 0 Å². The molecule has 1 saturated carbocycles. The van der Waals surface area contributed by atoms with Crippen LogP contribution in [0.3, 0.4) is 0 Å². The Morgan fingerprint density at radius 2 is 2.09 bits per heavy atom. The summed E-state index contributed by atoms with van der Waals surface area (Å²) >= 11 is 0. The fourth-order valence-electron chi connectivity index (χ4n) is 4.58. The number of carbonyl (C=O) groups is 1. The van der Waals surface area contributed by atoms with Gasteiger partial charge in [0.1, 0.15) is 0 Å². The lowest BCUT2D eigenvalue weighted by molar-refractivity contribution is 0.0754. The summed E-state index contributed by atoms with van der Waals surface area (Å²) in [5.74, 6) is 0.764. The smallest absolute Gasteiger partial charge is 0.255 e. The minimum absolute atomic E-state index is 0.168. The summed E-state index contributed by atoms with van der Waals surface area (Å²) in [6, 6.07) is 3.78. The summed E-state index contributed by atoms with van der Waals surface area (Å²) in [5.41, 5.74) is 1.95. The molecule has 0 aromatic carbocycles. The van der Waals surface area contributed by atoms with Gasteiger partial charge in [-0.25, -0.2) is 0 Å². The van der Waals surface area contributed by atoms with E-state index in [9.17, 15) is 4.79 Å². The summed E-state index contributed by atoms with van der Waals surface area (Å²) in [5, 5.41) is 0. The van der Waals surface area contributed by atoms with Crippen LogP contribution in [-0.4, -0.2) is 54.4 Å². The normalized spacial score (nSPS) is 23.7. The molecule has 1 spiro atoms. The molecule has 1 aliphatic carbocycles. The molecule has 1 amide bonds. The second kappa shape index (κ2) is 6.60. The van der Waals surface area contributed by atoms with Gasteiger partial charge < -0.3 is 9.80 Å². The molecule has 3 rings (SSSR count). The molecule has 2 fully saturated rings. The third-order valence-corrected chi connectivity index (χ3v) is 5.77. The number of amides is 1. The van der Waals surface area contributed by atoms with Crippen LogP contribution >= 0.6 is 0 Å². The van der Waals surface area contributed by atoms with E-state index >= 15 is 0 Å². The van der Waals surface area contributed by atoms with Gasteiger partial charge in [0, 0.05) is 31.5 Å². The van der Waals surface area contributed by atoms with Crippen molar-refractivity contribution >= 4 is 5.91 Å². The number of nitrogens with zero attached hydrogens (tertiary/aromatic N) is 3. The number of aryl methyl sites for hydroxylation is 1. The van der Waals surface area contributed by atoms with Gasteiger partial charge in [0.15, 0.2) is 0 Å². The average molecular weight is 315 g/mol.